The number of aromatic nitrogens is 1. The van der Waals surface area contributed by atoms with Crippen LogP contribution in [0.5, 0.6) is 0 Å². The van der Waals surface area contributed by atoms with Crippen LogP contribution in [-0.2, 0) is 17.7 Å². The number of rotatable bonds is 5. The zero-order chi connectivity index (χ0) is 14.7. The summed E-state index contributed by atoms with van der Waals surface area (Å²) in [6, 6.07) is 7.81. The van der Waals surface area contributed by atoms with Crippen molar-refractivity contribution >= 4 is 28.8 Å². The first-order chi connectivity index (χ1) is 10.3. The largest absolute Gasteiger partial charge is 0.447 e. The molecule has 1 amide bonds. The number of benzene rings is 1. The second kappa shape index (κ2) is 6.13. The van der Waals surface area contributed by atoms with Crippen LogP contribution < -0.4 is 10.2 Å². The number of amides is 1. The molecule has 0 unspecified atom stereocenters. The van der Waals surface area contributed by atoms with E-state index >= 15 is 0 Å². The highest BCUT2D eigenvalue weighted by Gasteiger charge is 2.23. The maximum atomic E-state index is 11.6. The summed E-state index contributed by atoms with van der Waals surface area (Å²) in [5.41, 5.74) is 1.85. The van der Waals surface area contributed by atoms with E-state index in [-0.39, 0.29) is 6.09 Å². The lowest BCUT2D eigenvalue weighted by Crippen LogP contribution is -2.23. The van der Waals surface area contributed by atoms with Crippen molar-refractivity contribution in [2.75, 3.05) is 23.4 Å². The number of nitrogens with zero attached hydrogens (tertiary/aromatic N) is 2. The Kier molecular flexibility index (Phi) is 4.06. The standard InChI is InChI=1S/C15H17N3O2S/c1-2-14-17-10-13(21-14)9-16-11-4-3-5-12(8-11)18-6-7-20-15(18)19/h3-5,8,10,16H,2,6-7,9H2,1H3. The molecule has 3 rings (SSSR count). The highest BCUT2D eigenvalue weighted by atomic mass is 32.1. The van der Waals surface area contributed by atoms with Gasteiger partial charge in [-0.05, 0) is 24.6 Å². The molecule has 0 radical (unpaired) electrons. The van der Waals surface area contributed by atoms with Crippen LogP contribution in [0.15, 0.2) is 30.5 Å². The van der Waals surface area contributed by atoms with Crippen LogP contribution in [0.4, 0.5) is 16.2 Å². The van der Waals surface area contributed by atoms with Gasteiger partial charge < -0.3 is 10.1 Å². The summed E-state index contributed by atoms with van der Waals surface area (Å²) in [4.78, 5) is 18.8. The quantitative estimate of drug-likeness (QED) is 0.921. The van der Waals surface area contributed by atoms with E-state index in [9.17, 15) is 4.79 Å². The van der Waals surface area contributed by atoms with Gasteiger partial charge >= 0.3 is 6.09 Å². The van der Waals surface area contributed by atoms with E-state index in [0.717, 1.165) is 29.3 Å². The number of hydrogen-bond donors (Lipinski definition) is 1. The Labute approximate surface area is 127 Å². The molecule has 1 aromatic heterocycles. The molecule has 0 saturated carbocycles. The van der Waals surface area contributed by atoms with E-state index in [1.54, 1.807) is 16.2 Å². The minimum atomic E-state index is -0.276. The zero-order valence-electron chi connectivity index (χ0n) is 11.8. The molecule has 2 aromatic rings. The lowest BCUT2D eigenvalue weighted by Gasteiger charge is -2.14. The molecular formula is C15H17N3O2S. The number of hydrogen-bond acceptors (Lipinski definition) is 5. The normalized spacial score (nSPS) is 14.3. The molecule has 6 heteroatoms. The molecule has 2 heterocycles. The van der Waals surface area contributed by atoms with E-state index in [1.807, 2.05) is 30.5 Å². The Hall–Kier alpha value is -2.08. The monoisotopic (exact) mass is 303 g/mol. The fourth-order valence-electron chi connectivity index (χ4n) is 2.19. The Morgan fingerprint density at radius 3 is 3.10 bits per heavy atom. The van der Waals surface area contributed by atoms with Crippen molar-refractivity contribution in [2.45, 2.75) is 19.9 Å². The summed E-state index contributed by atoms with van der Waals surface area (Å²) in [7, 11) is 0. The molecule has 1 aliphatic heterocycles. The van der Waals surface area contributed by atoms with E-state index in [4.69, 9.17) is 4.74 Å². The predicted octanol–water partition coefficient (Wildman–Crippen LogP) is 3.27. The van der Waals surface area contributed by atoms with Gasteiger partial charge in [0, 0.05) is 22.4 Å². The Bertz CT molecular complexity index is 641. The molecular weight excluding hydrogens is 286 g/mol. The molecule has 1 saturated heterocycles. The average molecular weight is 303 g/mol. The summed E-state index contributed by atoms with van der Waals surface area (Å²) in [5.74, 6) is 0. The zero-order valence-corrected chi connectivity index (χ0v) is 12.7. The molecule has 110 valence electrons. The summed E-state index contributed by atoms with van der Waals surface area (Å²) < 4.78 is 4.96. The smallest absolute Gasteiger partial charge is 0.414 e. The van der Waals surface area contributed by atoms with Crippen molar-refractivity contribution in [1.29, 1.82) is 0 Å². The molecule has 0 aliphatic carbocycles. The lowest BCUT2D eigenvalue weighted by atomic mass is 10.2. The van der Waals surface area contributed by atoms with Gasteiger partial charge in [-0.1, -0.05) is 13.0 Å². The molecule has 1 N–H and O–H groups in total. The topological polar surface area (TPSA) is 54.5 Å². The van der Waals surface area contributed by atoms with Gasteiger partial charge in [0.05, 0.1) is 18.1 Å². The third-order valence-electron chi connectivity index (χ3n) is 3.29. The number of anilines is 2. The minimum absolute atomic E-state index is 0.276. The number of nitrogens with one attached hydrogen (secondary N) is 1. The summed E-state index contributed by atoms with van der Waals surface area (Å²) in [5, 5.41) is 4.52. The SMILES string of the molecule is CCc1ncc(CNc2cccc(N3CCOC3=O)c2)s1. The van der Waals surface area contributed by atoms with Crippen LogP contribution in [0.1, 0.15) is 16.8 Å². The van der Waals surface area contributed by atoms with Gasteiger partial charge in [-0.2, -0.15) is 0 Å². The van der Waals surface area contributed by atoms with Crippen molar-refractivity contribution in [3.8, 4) is 0 Å². The molecule has 0 spiro atoms. The van der Waals surface area contributed by atoms with Gasteiger partial charge in [0.15, 0.2) is 0 Å². The summed E-state index contributed by atoms with van der Waals surface area (Å²) >= 11 is 1.72. The number of carbonyl (C=O) groups excluding carboxylic acids is 1. The Morgan fingerprint density at radius 1 is 1.48 bits per heavy atom. The van der Waals surface area contributed by atoms with Crippen molar-refractivity contribution < 1.29 is 9.53 Å². The van der Waals surface area contributed by atoms with E-state index in [2.05, 4.69) is 17.2 Å². The molecule has 1 fully saturated rings. The Morgan fingerprint density at radius 2 is 2.38 bits per heavy atom. The molecule has 1 aliphatic rings. The van der Waals surface area contributed by atoms with Crippen molar-refractivity contribution in [3.05, 3.63) is 40.3 Å². The maximum absolute atomic E-state index is 11.6. The van der Waals surface area contributed by atoms with Crippen LogP contribution in [0.2, 0.25) is 0 Å². The fraction of sp³-hybridized carbons (Fsp3) is 0.333. The van der Waals surface area contributed by atoms with Crippen LogP contribution in [0.25, 0.3) is 0 Å². The minimum Gasteiger partial charge on any atom is -0.447 e. The maximum Gasteiger partial charge on any atom is 0.414 e. The lowest BCUT2D eigenvalue weighted by molar-refractivity contribution is 0.181. The number of aryl methyl sites for hydroxylation is 1. The predicted molar refractivity (Wildman–Crippen MR) is 84.0 cm³/mol. The molecule has 1 aromatic carbocycles. The van der Waals surface area contributed by atoms with Crippen molar-refractivity contribution in [1.82, 2.24) is 4.98 Å². The van der Waals surface area contributed by atoms with Crippen LogP contribution in [0.3, 0.4) is 0 Å². The highest BCUT2D eigenvalue weighted by molar-refractivity contribution is 7.11. The highest BCUT2D eigenvalue weighted by Crippen LogP contribution is 2.23. The van der Waals surface area contributed by atoms with Crippen LogP contribution in [0, 0.1) is 0 Å². The third kappa shape index (κ3) is 3.16. The van der Waals surface area contributed by atoms with E-state index in [1.165, 1.54) is 4.88 Å². The second-order valence-corrected chi connectivity index (χ2v) is 5.94. The van der Waals surface area contributed by atoms with Gasteiger partial charge in [-0.15, -0.1) is 11.3 Å². The average Bonchev–Trinajstić information content (AvgIpc) is 3.14. The first-order valence-corrected chi connectivity index (χ1v) is 7.79. The van der Waals surface area contributed by atoms with Crippen LogP contribution >= 0.6 is 11.3 Å². The van der Waals surface area contributed by atoms with Crippen molar-refractivity contribution in [2.24, 2.45) is 0 Å². The first kappa shape index (κ1) is 13.9. The number of cyclic esters (lactones) is 1. The molecule has 5 nitrogen and oxygen atoms in total. The first-order valence-electron chi connectivity index (χ1n) is 6.98. The number of carbonyl (C=O) groups is 1. The Balaban J connectivity index is 1.67. The summed E-state index contributed by atoms with van der Waals surface area (Å²) in [6.45, 7) is 3.91. The van der Waals surface area contributed by atoms with Gasteiger partial charge in [-0.25, -0.2) is 9.78 Å². The van der Waals surface area contributed by atoms with Gasteiger partial charge in [0.1, 0.15) is 6.61 Å². The van der Waals surface area contributed by atoms with Crippen molar-refractivity contribution in [3.63, 3.8) is 0 Å². The third-order valence-corrected chi connectivity index (χ3v) is 4.43. The van der Waals surface area contributed by atoms with Crippen LogP contribution in [-0.4, -0.2) is 24.2 Å². The number of thiazole rings is 1. The number of ether oxygens (including phenoxy) is 1. The second-order valence-electron chi connectivity index (χ2n) is 4.74. The van der Waals surface area contributed by atoms with E-state index in [0.29, 0.717) is 13.2 Å². The molecule has 0 atom stereocenters. The van der Waals surface area contributed by atoms with Gasteiger partial charge in [0.2, 0.25) is 0 Å². The van der Waals surface area contributed by atoms with Gasteiger partial charge in [0.25, 0.3) is 0 Å². The van der Waals surface area contributed by atoms with Gasteiger partial charge in [-0.3, -0.25) is 4.90 Å². The van der Waals surface area contributed by atoms with E-state index < -0.39 is 0 Å². The fourth-order valence-corrected chi connectivity index (χ4v) is 3.00. The molecule has 0 bridgehead atoms. The summed E-state index contributed by atoms with van der Waals surface area (Å²) in [6.07, 6.45) is 2.61. The molecule has 21 heavy (non-hydrogen) atoms.